The van der Waals surface area contributed by atoms with E-state index >= 15 is 0 Å². The second kappa shape index (κ2) is 7.83. The Morgan fingerprint density at radius 3 is 3.04 bits per heavy atom. The molecule has 8 nitrogen and oxygen atoms in total. The average molecular weight is 376 g/mol. The Morgan fingerprint density at radius 1 is 1.52 bits per heavy atom. The minimum absolute atomic E-state index is 0.215. The number of benzene rings is 1. The number of amides is 1. The Hall–Kier alpha value is -2.81. The normalized spacial score (nSPS) is 24.1. The number of carboxylic acid groups (broad SMARTS) is 1. The van der Waals surface area contributed by atoms with E-state index in [9.17, 15) is 9.18 Å². The first-order chi connectivity index (χ1) is 13.0. The molecule has 3 heterocycles. The Kier molecular flexibility index (Phi) is 5.50. The molecule has 0 saturated carbocycles. The van der Waals surface area contributed by atoms with Crippen LogP contribution >= 0.6 is 0 Å². The number of aromatic nitrogens is 2. The second-order valence-electron chi connectivity index (χ2n) is 6.76. The summed E-state index contributed by atoms with van der Waals surface area (Å²) < 4.78 is 19.6. The molecule has 27 heavy (non-hydrogen) atoms. The molecule has 1 amide bonds. The van der Waals surface area contributed by atoms with Crippen LogP contribution in [-0.4, -0.2) is 63.8 Å². The molecule has 3 N–H and O–H groups in total. The van der Waals surface area contributed by atoms with Gasteiger partial charge >= 0.3 is 6.01 Å². The number of ether oxygens (including phenoxy) is 1. The molecule has 4 rings (SSSR count). The molecule has 2 aliphatic rings. The van der Waals surface area contributed by atoms with Gasteiger partial charge in [-0.25, -0.2) is 9.37 Å². The third kappa shape index (κ3) is 3.97. The van der Waals surface area contributed by atoms with Gasteiger partial charge in [-0.2, -0.15) is 4.98 Å². The van der Waals surface area contributed by atoms with Crippen molar-refractivity contribution in [2.45, 2.75) is 31.0 Å². The van der Waals surface area contributed by atoms with E-state index in [1.54, 1.807) is 24.4 Å². The highest BCUT2D eigenvalue weighted by molar-refractivity contribution is 5.96. The van der Waals surface area contributed by atoms with Crippen molar-refractivity contribution in [3.63, 3.8) is 0 Å². The smallest absolute Gasteiger partial charge is 0.316 e. The number of nitrogens with zero attached hydrogens (tertiary/aromatic N) is 3. The fraction of sp³-hybridized carbons (Fsp3) is 0.444. The van der Waals surface area contributed by atoms with Gasteiger partial charge in [0.2, 0.25) is 5.91 Å². The number of primary amides is 1. The monoisotopic (exact) mass is 376 g/mol. The lowest BCUT2D eigenvalue weighted by Crippen LogP contribution is -2.43. The molecule has 144 valence electrons. The van der Waals surface area contributed by atoms with Gasteiger partial charge in [-0.15, -0.1) is 0 Å². The molecule has 1 aromatic carbocycles. The molecular formula is C18H21FN4O4. The summed E-state index contributed by atoms with van der Waals surface area (Å²) in [6.45, 7) is 1.58. The highest BCUT2D eigenvalue weighted by atomic mass is 19.1. The van der Waals surface area contributed by atoms with E-state index in [0.717, 1.165) is 24.8 Å². The SMILES string of the molecule is NC(=O)c1ccc2nc(OC[C@@]34CCCN3C[C@H](F)C4)ncc2c1.O=CO. The predicted molar refractivity (Wildman–Crippen MR) is 95.3 cm³/mol. The lowest BCUT2D eigenvalue weighted by atomic mass is 9.95. The number of hydrogen-bond donors (Lipinski definition) is 2. The molecule has 2 aromatic rings. The molecule has 0 radical (unpaired) electrons. The van der Waals surface area contributed by atoms with E-state index in [1.165, 1.54) is 0 Å². The van der Waals surface area contributed by atoms with E-state index in [4.69, 9.17) is 20.4 Å². The van der Waals surface area contributed by atoms with Gasteiger partial charge in [-0.3, -0.25) is 14.5 Å². The van der Waals surface area contributed by atoms with Crippen LogP contribution in [0.5, 0.6) is 6.01 Å². The van der Waals surface area contributed by atoms with Crippen molar-refractivity contribution in [3.05, 3.63) is 30.0 Å². The zero-order chi connectivity index (χ0) is 19.4. The topological polar surface area (TPSA) is 119 Å². The number of carbonyl (C=O) groups excluding carboxylic acids is 1. The maximum absolute atomic E-state index is 13.8. The molecule has 0 unspecified atom stereocenters. The lowest BCUT2D eigenvalue weighted by molar-refractivity contribution is -0.122. The highest BCUT2D eigenvalue weighted by Crippen LogP contribution is 2.40. The van der Waals surface area contributed by atoms with Gasteiger partial charge in [-0.1, -0.05) is 0 Å². The maximum atomic E-state index is 13.8. The van der Waals surface area contributed by atoms with Crippen LogP contribution in [0.3, 0.4) is 0 Å². The number of halogens is 1. The highest BCUT2D eigenvalue weighted by Gasteiger charge is 2.49. The summed E-state index contributed by atoms with van der Waals surface area (Å²) in [7, 11) is 0. The minimum Gasteiger partial charge on any atom is -0.483 e. The van der Waals surface area contributed by atoms with Crippen LogP contribution < -0.4 is 10.5 Å². The molecule has 2 aliphatic heterocycles. The number of rotatable bonds is 4. The molecule has 2 saturated heterocycles. The van der Waals surface area contributed by atoms with E-state index in [0.29, 0.717) is 30.7 Å². The van der Waals surface area contributed by atoms with E-state index in [1.807, 2.05) is 0 Å². The Labute approximate surface area is 155 Å². The van der Waals surface area contributed by atoms with Crippen molar-refractivity contribution in [2.24, 2.45) is 5.73 Å². The van der Waals surface area contributed by atoms with Crippen LogP contribution in [0.1, 0.15) is 29.6 Å². The van der Waals surface area contributed by atoms with Gasteiger partial charge in [0.1, 0.15) is 12.8 Å². The van der Waals surface area contributed by atoms with E-state index in [-0.39, 0.29) is 18.0 Å². The summed E-state index contributed by atoms with van der Waals surface area (Å²) >= 11 is 0. The fourth-order valence-electron chi connectivity index (χ4n) is 3.89. The van der Waals surface area contributed by atoms with Crippen molar-refractivity contribution in [3.8, 4) is 6.01 Å². The van der Waals surface area contributed by atoms with Crippen molar-refractivity contribution in [1.82, 2.24) is 14.9 Å². The fourth-order valence-corrected chi connectivity index (χ4v) is 3.89. The number of alkyl halides is 1. The first kappa shape index (κ1) is 19.0. The lowest BCUT2D eigenvalue weighted by Gasteiger charge is -2.30. The van der Waals surface area contributed by atoms with Gasteiger partial charge in [0.15, 0.2) is 0 Å². The van der Waals surface area contributed by atoms with Gasteiger partial charge in [0.05, 0.1) is 11.1 Å². The molecule has 2 atom stereocenters. The molecule has 0 aliphatic carbocycles. The van der Waals surface area contributed by atoms with E-state index in [2.05, 4.69) is 14.9 Å². The number of hydrogen-bond acceptors (Lipinski definition) is 6. The van der Waals surface area contributed by atoms with Crippen molar-refractivity contribution < 1.29 is 23.8 Å². The Bertz CT molecular complexity index is 849. The van der Waals surface area contributed by atoms with Gasteiger partial charge in [-0.05, 0) is 37.6 Å². The van der Waals surface area contributed by atoms with Crippen LogP contribution in [0.4, 0.5) is 4.39 Å². The second-order valence-corrected chi connectivity index (χ2v) is 6.76. The molecule has 9 heteroatoms. The standard InChI is InChI=1S/C17H19FN4O2.CH2O2/c18-13-7-17(4-1-5-22(17)9-13)10-24-16-20-8-12-6-11(15(19)23)2-3-14(12)21-16;2-1-3/h2-3,6,8,13H,1,4-5,7,9-10H2,(H2,19,23);1H,(H,2,3)/t13-,17+;/m1./s1. The Balaban J connectivity index is 0.000000659. The first-order valence-corrected chi connectivity index (χ1v) is 8.64. The molecular weight excluding hydrogens is 355 g/mol. The number of carbonyl (C=O) groups is 2. The summed E-state index contributed by atoms with van der Waals surface area (Å²) in [6, 6.07) is 5.28. The molecule has 1 aromatic heterocycles. The van der Waals surface area contributed by atoms with E-state index < -0.39 is 12.1 Å². The summed E-state index contributed by atoms with van der Waals surface area (Å²) in [4.78, 5) is 30.3. The first-order valence-electron chi connectivity index (χ1n) is 8.64. The van der Waals surface area contributed by atoms with Gasteiger partial charge in [0, 0.05) is 30.1 Å². The number of fused-ring (bicyclic) bond motifs is 2. The predicted octanol–water partition coefficient (Wildman–Crippen LogP) is 1.38. The van der Waals surface area contributed by atoms with Crippen LogP contribution in [0.15, 0.2) is 24.4 Å². The zero-order valence-electron chi connectivity index (χ0n) is 14.7. The molecule has 0 spiro atoms. The van der Waals surface area contributed by atoms with Crippen LogP contribution in [-0.2, 0) is 4.79 Å². The van der Waals surface area contributed by atoms with Gasteiger partial charge < -0.3 is 15.6 Å². The maximum Gasteiger partial charge on any atom is 0.316 e. The molecule has 0 bridgehead atoms. The van der Waals surface area contributed by atoms with Crippen LogP contribution in [0.2, 0.25) is 0 Å². The quantitative estimate of drug-likeness (QED) is 0.774. The van der Waals surface area contributed by atoms with Crippen LogP contribution in [0.25, 0.3) is 10.9 Å². The summed E-state index contributed by atoms with van der Waals surface area (Å²) in [5.74, 6) is -0.486. The average Bonchev–Trinajstić information content (AvgIpc) is 3.15. The van der Waals surface area contributed by atoms with Crippen molar-refractivity contribution in [2.75, 3.05) is 19.7 Å². The third-order valence-corrected chi connectivity index (χ3v) is 5.07. The minimum atomic E-state index is -0.779. The Morgan fingerprint density at radius 2 is 2.30 bits per heavy atom. The zero-order valence-corrected chi connectivity index (χ0v) is 14.7. The third-order valence-electron chi connectivity index (χ3n) is 5.07. The number of nitrogens with two attached hydrogens (primary N) is 1. The van der Waals surface area contributed by atoms with Crippen LogP contribution in [0, 0.1) is 0 Å². The largest absolute Gasteiger partial charge is 0.483 e. The summed E-state index contributed by atoms with van der Waals surface area (Å²) in [6.07, 6.45) is 3.37. The van der Waals surface area contributed by atoms with Crippen molar-refractivity contribution in [1.29, 1.82) is 0 Å². The van der Waals surface area contributed by atoms with Crippen molar-refractivity contribution >= 4 is 23.3 Å². The summed E-state index contributed by atoms with van der Waals surface area (Å²) in [5.41, 5.74) is 6.16. The summed E-state index contributed by atoms with van der Waals surface area (Å²) in [5, 5.41) is 7.61. The van der Waals surface area contributed by atoms with Gasteiger partial charge in [0.25, 0.3) is 6.47 Å². The molecule has 2 fully saturated rings.